The van der Waals surface area contributed by atoms with Crippen molar-refractivity contribution in [1.82, 2.24) is 24.8 Å². The minimum absolute atomic E-state index is 0.0727. The van der Waals surface area contributed by atoms with Gasteiger partial charge in [0.25, 0.3) is 5.91 Å². The van der Waals surface area contributed by atoms with Crippen LogP contribution >= 0.6 is 0 Å². The van der Waals surface area contributed by atoms with Crippen molar-refractivity contribution < 1.29 is 28.5 Å². The second-order valence-electron chi connectivity index (χ2n) is 23.8. The Labute approximate surface area is 504 Å². The maximum atomic E-state index is 13.1. The van der Waals surface area contributed by atoms with E-state index in [0.717, 1.165) is 100 Å². The number of allylic oxidation sites excluding steroid dienone is 5. The number of fused-ring (bicyclic) bond motifs is 1. The zero-order valence-corrected chi connectivity index (χ0v) is 55.3. The first-order chi connectivity index (χ1) is 39.7. The summed E-state index contributed by atoms with van der Waals surface area (Å²) in [6, 6.07) is 10.1. The molecule has 2 aliphatic carbocycles. The average Bonchev–Trinajstić information content (AvgIpc) is 4.12. The predicted octanol–water partition coefficient (Wildman–Crippen LogP) is 16.9. The monoisotopic (exact) mass is 1140 g/mol. The van der Waals surface area contributed by atoms with Gasteiger partial charge in [-0.15, -0.1) is 0 Å². The Morgan fingerprint density at radius 2 is 1.49 bits per heavy atom. The molecule has 12 heteroatoms. The number of Topliss-reactive ketones (excluding diaryl/α,β-unsaturated/α-hetero) is 1. The molecular formula is C71H114N7O5+. The summed E-state index contributed by atoms with van der Waals surface area (Å²) in [5, 5.41) is 5.41. The van der Waals surface area contributed by atoms with Crippen LogP contribution in [0, 0.1) is 37.5 Å². The summed E-state index contributed by atoms with van der Waals surface area (Å²) < 4.78 is 9.56. The van der Waals surface area contributed by atoms with E-state index in [1.807, 2.05) is 71.6 Å². The molecule has 0 bridgehead atoms. The lowest BCUT2D eigenvalue weighted by Gasteiger charge is -2.37. The Balaban J connectivity index is 0.000000384. The number of amides is 2. The minimum atomic E-state index is -0.222. The van der Waals surface area contributed by atoms with Gasteiger partial charge in [0.05, 0.1) is 30.3 Å². The molecule has 2 aromatic heterocycles. The first kappa shape index (κ1) is 73.4. The zero-order valence-electron chi connectivity index (χ0n) is 55.3. The molecule has 2 amide bonds. The van der Waals surface area contributed by atoms with Crippen LogP contribution in [0.1, 0.15) is 239 Å². The number of aromatic nitrogens is 3. The van der Waals surface area contributed by atoms with Gasteiger partial charge in [0, 0.05) is 48.2 Å². The van der Waals surface area contributed by atoms with Crippen molar-refractivity contribution in [1.29, 1.82) is 0 Å². The van der Waals surface area contributed by atoms with E-state index >= 15 is 0 Å². The molecule has 4 atom stereocenters. The van der Waals surface area contributed by atoms with Crippen molar-refractivity contribution in [3.63, 3.8) is 0 Å². The van der Waals surface area contributed by atoms with E-state index in [9.17, 15) is 19.2 Å². The highest BCUT2D eigenvalue weighted by Gasteiger charge is 2.29. The van der Waals surface area contributed by atoms with E-state index in [1.54, 1.807) is 25.2 Å². The fourth-order valence-corrected chi connectivity index (χ4v) is 9.68. The predicted molar refractivity (Wildman–Crippen MR) is 351 cm³/mol. The van der Waals surface area contributed by atoms with Gasteiger partial charge in [-0.3, -0.25) is 29.6 Å². The Hall–Kier alpha value is -5.71. The number of aryl methyl sites for hydroxylation is 3. The quantitative estimate of drug-likeness (QED) is 0.113. The number of rotatable bonds is 15. The maximum absolute atomic E-state index is 13.1. The summed E-state index contributed by atoms with van der Waals surface area (Å²) in [5.41, 5.74) is 9.30. The number of unbranched alkanes of at least 4 members (excludes halogenated alkanes) is 3. The molecular weight excluding hydrogens is 1030 g/mol. The van der Waals surface area contributed by atoms with Gasteiger partial charge in [-0.1, -0.05) is 190 Å². The number of anilines is 1. The summed E-state index contributed by atoms with van der Waals surface area (Å²) in [7, 11) is 5.59. The molecule has 5 heterocycles. The number of methoxy groups -OCH3 is 1. The molecule has 4 unspecified atom stereocenters. The van der Waals surface area contributed by atoms with Crippen molar-refractivity contribution in [2.24, 2.45) is 30.7 Å². The molecule has 83 heavy (non-hydrogen) atoms. The van der Waals surface area contributed by atoms with Gasteiger partial charge in [0.15, 0.2) is 12.0 Å². The molecule has 3 aromatic rings. The van der Waals surface area contributed by atoms with E-state index in [0.29, 0.717) is 29.7 Å². The lowest BCUT2D eigenvalue weighted by molar-refractivity contribution is -0.492. The van der Waals surface area contributed by atoms with Gasteiger partial charge in [-0.05, 0) is 113 Å². The number of nitrogens with one attached hydrogen (secondary N) is 2. The molecule has 12 nitrogen and oxygen atoms in total. The fraction of sp³-hybridized carbons (Fsp3) is 0.634. The number of imidazole rings is 1. The van der Waals surface area contributed by atoms with Crippen LogP contribution < -0.4 is 10.6 Å². The molecule has 1 aromatic carbocycles. The topological polar surface area (TPSA) is 139 Å². The van der Waals surface area contributed by atoms with Crippen LogP contribution in [0.3, 0.4) is 0 Å². The zero-order chi connectivity index (χ0) is 62.0. The Bertz CT molecular complexity index is 2640. The van der Waals surface area contributed by atoms with Crippen molar-refractivity contribution >= 4 is 52.3 Å². The molecule has 2 saturated heterocycles. The molecule has 1 saturated carbocycles. The summed E-state index contributed by atoms with van der Waals surface area (Å²) in [6.07, 6.45) is 31.3. The molecule has 0 spiro atoms. The lowest BCUT2D eigenvalue weighted by atomic mass is 9.83. The molecule has 462 valence electrons. The third-order valence-corrected chi connectivity index (χ3v) is 16.3. The van der Waals surface area contributed by atoms with E-state index in [2.05, 4.69) is 117 Å². The number of carbonyl (C=O) groups excluding carboxylic acids is 4. The number of ketones is 1. The highest BCUT2D eigenvalue weighted by atomic mass is 16.5. The van der Waals surface area contributed by atoms with Crippen molar-refractivity contribution in [2.45, 2.75) is 231 Å². The number of hydrogen-bond acceptors (Lipinski definition) is 8. The number of hydrogen-bond donors (Lipinski definition) is 2. The van der Waals surface area contributed by atoms with Crippen LogP contribution in [0.4, 0.5) is 5.95 Å². The third kappa shape index (κ3) is 26.0. The van der Waals surface area contributed by atoms with Crippen LogP contribution in [0.15, 0.2) is 77.2 Å². The standard InChI is InChI=1S/C23H25N5O2.C20H31NO.C8H18.C7H9NO2.C5H10.2C4H10/c1-14-6-7-18-20(10-14)28(4)23(25-18)26-22(29)16-11-15(2)24-19(12-16)17-13-27(3)9-8-21(17)30-5;1-6-16(5)20(22)18-8-7-17(13-19(18)14(2)3)21-11-9-15(4)10-12-21;1-4-6-7-8(3)5-2;1-5-2-3-7(10)8-6(5)4-9;1-2-4-5-3-1;2*1-3-4-2/h6-7,10-13H,8-9H2,1-5H3;8,13,15-17H,2,6-7,9-12H2,1,3-5H3;8H,4-7H2,1-3H3;5H,2-3H2,1H3,(H,8,10);1-5H2;2*3-4H2,1-2H3/p+1. The van der Waals surface area contributed by atoms with Gasteiger partial charge in [-0.25, -0.2) is 14.4 Å². The number of likely N-dealkylation sites (tertiary alicyclic amines) is 1. The Morgan fingerprint density at radius 3 is 2.02 bits per heavy atom. The highest BCUT2D eigenvalue weighted by molar-refractivity contribution is 6.10. The summed E-state index contributed by atoms with van der Waals surface area (Å²) in [6.45, 7) is 37.2. The number of piperidine rings is 2. The SMILES string of the molecule is C1CCCC1.C=C(C)C1=CC(N2CCC(C)CC2)CC=C1C(=O)C(C)CC.CC1CCC(=O)NC1=C=O.CCCC.CCCC.CCCCC(C)CC.COC1=C(c2cc(C(=O)Nc3nc4ccc(C)cc4n3C)cc(C)n2)C=[N+](C)CC1. The highest BCUT2D eigenvalue weighted by Crippen LogP contribution is 2.32. The van der Waals surface area contributed by atoms with E-state index in [-0.39, 0.29) is 29.4 Å². The largest absolute Gasteiger partial charge is 0.500 e. The lowest BCUT2D eigenvalue weighted by Crippen LogP contribution is -2.41. The number of benzene rings is 1. The number of pyridine rings is 1. The fourth-order valence-electron chi connectivity index (χ4n) is 9.68. The summed E-state index contributed by atoms with van der Waals surface area (Å²) in [5.74, 6) is 5.16. The third-order valence-electron chi connectivity index (χ3n) is 16.3. The van der Waals surface area contributed by atoms with E-state index in [4.69, 9.17) is 4.74 Å². The smallest absolute Gasteiger partial charge is 0.258 e. The minimum Gasteiger partial charge on any atom is -0.500 e. The van der Waals surface area contributed by atoms with Gasteiger partial charge in [-0.2, -0.15) is 0 Å². The van der Waals surface area contributed by atoms with Crippen LogP contribution in [0.25, 0.3) is 16.6 Å². The average molecular weight is 1150 g/mol. The number of carbonyl (C=O) groups is 3. The molecule has 3 fully saturated rings. The van der Waals surface area contributed by atoms with Crippen molar-refractivity contribution in [2.75, 3.05) is 39.1 Å². The molecule has 3 aliphatic heterocycles. The molecule has 8 rings (SSSR count). The van der Waals surface area contributed by atoms with Crippen LogP contribution in [0.2, 0.25) is 0 Å². The number of nitrogens with zero attached hydrogens (tertiary/aromatic N) is 5. The second kappa shape index (κ2) is 40.5. The van der Waals surface area contributed by atoms with Crippen LogP contribution in [-0.4, -0.2) is 93.6 Å². The Kier molecular flexibility index (Phi) is 35.8. The number of ether oxygens (including phenoxy) is 1. The molecule has 0 radical (unpaired) electrons. The van der Waals surface area contributed by atoms with Crippen LogP contribution in [0.5, 0.6) is 0 Å². The van der Waals surface area contributed by atoms with E-state index in [1.165, 1.54) is 109 Å². The molecule has 2 N–H and O–H groups in total. The van der Waals surface area contributed by atoms with E-state index < -0.39 is 0 Å². The van der Waals surface area contributed by atoms with Crippen LogP contribution in [-0.2, 0) is 26.2 Å². The Morgan fingerprint density at radius 1 is 0.867 bits per heavy atom. The van der Waals surface area contributed by atoms with Crippen molar-refractivity contribution in [3.05, 3.63) is 99.8 Å². The normalized spacial score (nSPS) is 18.4. The summed E-state index contributed by atoms with van der Waals surface area (Å²) in [4.78, 5) is 58.2. The molecule has 5 aliphatic rings. The first-order valence-electron chi connectivity index (χ1n) is 32.1. The van der Waals surface area contributed by atoms with Gasteiger partial charge < -0.3 is 14.6 Å². The second-order valence-corrected chi connectivity index (χ2v) is 23.8. The van der Waals surface area contributed by atoms with Gasteiger partial charge in [0.2, 0.25) is 11.9 Å². The first-order valence-corrected chi connectivity index (χ1v) is 32.1. The van der Waals surface area contributed by atoms with Gasteiger partial charge in [0.1, 0.15) is 36.6 Å². The van der Waals surface area contributed by atoms with Crippen molar-refractivity contribution in [3.8, 4) is 0 Å². The van der Waals surface area contributed by atoms with Gasteiger partial charge >= 0.3 is 0 Å². The summed E-state index contributed by atoms with van der Waals surface area (Å²) >= 11 is 0. The maximum Gasteiger partial charge on any atom is 0.258 e.